The lowest BCUT2D eigenvalue weighted by atomic mass is 10.2. The van der Waals surface area contributed by atoms with Gasteiger partial charge in [-0.15, -0.1) is 0 Å². The molecule has 2 unspecified atom stereocenters. The fourth-order valence-electron chi connectivity index (χ4n) is 2.26. The number of nitrogens with one attached hydrogen (secondary N) is 1. The third-order valence-electron chi connectivity index (χ3n) is 3.58. The van der Waals surface area contributed by atoms with Crippen molar-refractivity contribution in [2.45, 2.75) is 38.2 Å². The van der Waals surface area contributed by atoms with Crippen molar-refractivity contribution >= 4 is 12.1 Å². The Kier molecular flexibility index (Phi) is 7.51. The first kappa shape index (κ1) is 18.2. The van der Waals surface area contributed by atoms with Crippen LogP contribution in [0.25, 0.3) is 0 Å². The Bertz CT molecular complexity index is 515. The van der Waals surface area contributed by atoms with Gasteiger partial charge in [0.15, 0.2) is 12.3 Å². The highest BCUT2D eigenvalue weighted by molar-refractivity contribution is 5.81. The number of carbonyl (C=O) groups excluding carboxylic acids is 2. The van der Waals surface area contributed by atoms with Gasteiger partial charge in [-0.2, -0.15) is 0 Å². The number of alkyl carbamates (subject to hydrolysis) is 1. The normalized spacial score (nSPS) is 18.5. The molecule has 132 valence electrons. The maximum atomic E-state index is 11.9. The van der Waals surface area contributed by atoms with Crippen LogP contribution in [-0.4, -0.2) is 44.7 Å². The Morgan fingerprint density at radius 3 is 2.75 bits per heavy atom. The summed E-state index contributed by atoms with van der Waals surface area (Å²) in [5.74, 6) is -0.595. The summed E-state index contributed by atoms with van der Waals surface area (Å²) in [6, 6.07) is 8.33. The molecule has 1 heterocycles. The number of rotatable bonds is 7. The van der Waals surface area contributed by atoms with E-state index in [0.717, 1.165) is 24.8 Å². The SMILES string of the molecule is COC(=O)C(COC1CCCCO1)NC(=O)OCc1ccccc1. The van der Waals surface area contributed by atoms with Crippen molar-refractivity contribution in [1.29, 1.82) is 0 Å². The number of ether oxygens (including phenoxy) is 4. The smallest absolute Gasteiger partial charge is 0.408 e. The van der Waals surface area contributed by atoms with Gasteiger partial charge in [0, 0.05) is 6.61 Å². The highest BCUT2D eigenvalue weighted by atomic mass is 16.7. The van der Waals surface area contributed by atoms with E-state index in [1.54, 1.807) is 0 Å². The minimum atomic E-state index is -0.941. The first-order valence-electron chi connectivity index (χ1n) is 7.97. The highest BCUT2D eigenvalue weighted by Crippen LogP contribution is 2.14. The van der Waals surface area contributed by atoms with Crippen LogP contribution >= 0.6 is 0 Å². The molecule has 0 aromatic heterocycles. The van der Waals surface area contributed by atoms with Crippen molar-refractivity contribution in [3.8, 4) is 0 Å². The number of benzene rings is 1. The molecule has 1 aromatic carbocycles. The maximum absolute atomic E-state index is 11.9. The standard InChI is InChI=1S/C17H23NO6/c1-21-16(19)14(12-23-15-9-5-6-10-22-15)18-17(20)24-11-13-7-3-2-4-8-13/h2-4,7-8,14-15H,5-6,9-12H2,1H3,(H,18,20). The second-order valence-corrected chi connectivity index (χ2v) is 5.41. The van der Waals surface area contributed by atoms with Crippen LogP contribution in [0.5, 0.6) is 0 Å². The van der Waals surface area contributed by atoms with Crippen LogP contribution in [0.1, 0.15) is 24.8 Å². The monoisotopic (exact) mass is 337 g/mol. The van der Waals surface area contributed by atoms with E-state index in [4.69, 9.17) is 14.2 Å². The second kappa shape index (κ2) is 9.89. The Labute approximate surface area is 141 Å². The zero-order valence-corrected chi connectivity index (χ0v) is 13.7. The van der Waals surface area contributed by atoms with Crippen LogP contribution in [0.4, 0.5) is 4.79 Å². The molecule has 7 nitrogen and oxygen atoms in total. The lowest BCUT2D eigenvalue weighted by Crippen LogP contribution is -2.46. The lowest BCUT2D eigenvalue weighted by Gasteiger charge is -2.24. The summed E-state index contributed by atoms with van der Waals surface area (Å²) in [5, 5.41) is 2.46. The van der Waals surface area contributed by atoms with Gasteiger partial charge in [0.2, 0.25) is 0 Å². The molecule has 0 saturated carbocycles. The van der Waals surface area contributed by atoms with E-state index in [0.29, 0.717) is 6.61 Å². The molecule has 0 aliphatic carbocycles. The zero-order chi connectivity index (χ0) is 17.2. The number of hydrogen-bond donors (Lipinski definition) is 1. The fourth-order valence-corrected chi connectivity index (χ4v) is 2.26. The molecule has 1 amide bonds. The van der Waals surface area contributed by atoms with E-state index in [-0.39, 0.29) is 19.5 Å². The molecule has 0 spiro atoms. The molecule has 1 aliphatic heterocycles. The van der Waals surface area contributed by atoms with Gasteiger partial charge in [0.25, 0.3) is 0 Å². The van der Waals surface area contributed by atoms with Crippen molar-refractivity contribution in [2.24, 2.45) is 0 Å². The summed E-state index contributed by atoms with van der Waals surface area (Å²) in [7, 11) is 1.25. The first-order valence-corrected chi connectivity index (χ1v) is 7.97. The molecular weight excluding hydrogens is 314 g/mol. The van der Waals surface area contributed by atoms with E-state index in [9.17, 15) is 9.59 Å². The lowest BCUT2D eigenvalue weighted by molar-refractivity contribution is -0.172. The molecule has 1 aliphatic rings. The van der Waals surface area contributed by atoms with Crippen molar-refractivity contribution in [1.82, 2.24) is 5.32 Å². The van der Waals surface area contributed by atoms with Crippen LogP contribution in [0, 0.1) is 0 Å². The van der Waals surface area contributed by atoms with Gasteiger partial charge in [-0.25, -0.2) is 9.59 Å². The Hall–Kier alpha value is -2.12. The molecule has 0 radical (unpaired) electrons. The number of esters is 1. The van der Waals surface area contributed by atoms with E-state index >= 15 is 0 Å². The van der Waals surface area contributed by atoms with Crippen molar-refractivity contribution in [3.05, 3.63) is 35.9 Å². The minimum absolute atomic E-state index is 0.0300. The predicted molar refractivity (Wildman–Crippen MR) is 85.1 cm³/mol. The maximum Gasteiger partial charge on any atom is 0.408 e. The molecule has 1 aromatic rings. The van der Waals surface area contributed by atoms with E-state index in [2.05, 4.69) is 10.1 Å². The molecule has 24 heavy (non-hydrogen) atoms. The summed E-state index contributed by atoms with van der Waals surface area (Å²) in [6.45, 7) is 0.727. The molecule has 1 saturated heterocycles. The molecular formula is C17H23NO6. The molecule has 7 heteroatoms. The summed E-state index contributed by atoms with van der Waals surface area (Å²) in [4.78, 5) is 23.7. The van der Waals surface area contributed by atoms with E-state index in [1.165, 1.54) is 7.11 Å². The van der Waals surface area contributed by atoms with Crippen molar-refractivity contribution in [2.75, 3.05) is 20.3 Å². The molecule has 1 N–H and O–H groups in total. The van der Waals surface area contributed by atoms with Gasteiger partial charge in [-0.3, -0.25) is 0 Å². The number of carbonyl (C=O) groups is 2. The van der Waals surface area contributed by atoms with Crippen LogP contribution in [0.15, 0.2) is 30.3 Å². The Morgan fingerprint density at radius 2 is 2.08 bits per heavy atom. The molecule has 1 fully saturated rings. The molecule has 2 atom stereocenters. The van der Waals surface area contributed by atoms with Crippen molar-refractivity contribution in [3.63, 3.8) is 0 Å². The van der Waals surface area contributed by atoms with Gasteiger partial charge >= 0.3 is 12.1 Å². The summed E-state index contributed by atoms with van der Waals surface area (Å²) < 4.78 is 20.8. The minimum Gasteiger partial charge on any atom is -0.467 e. The van der Waals surface area contributed by atoms with Crippen LogP contribution in [-0.2, 0) is 30.3 Å². The van der Waals surface area contributed by atoms with E-state index < -0.39 is 18.1 Å². The summed E-state index contributed by atoms with van der Waals surface area (Å²) >= 11 is 0. The summed E-state index contributed by atoms with van der Waals surface area (Å²) in [5.41, 5.74) is 0.856. The van der Waals surface area contributed by atoms with Gasteiger partial charge < -0.3 is 24.3 Å². The quantitative estimate of drug-likeness (QED) is 0.766. The number of methoxy groups -OCH3 is 1. The molecule has 2 rings (SSSR count). The average Bonchev–Trinajstić information content (AvgIpc) is 2.64. The van der Waals surface area contributed by atoms with E-state index in [1.807, 2.05) is 30.3 Å². The topological polar surface area (TPSA) is 83.1 Å². The van der Waals surface area contributed by atoms with Crippen LogP contribution in [0.3, 0.4) is 0 Å². The Morgan fingerprint density at radius 1 is 1.29 bits per heavy atom. The first-order chi connectivity index (χ1) is 11.7. The summed E-state index contributed by atoms with van der Waals surface area (Å²) in [6.07, 6.45) is 1.73. The highest BCUT2D eigenvalue weighted by Gasteiger charge is 2.25. The van der Waals surface area contributed by atoms with Crippen LogP contribution in [0.2, 0.25) is 0 Å². The second-order valence-electron chi connectivity index (χ2n) is 5.41. The zero-order valence-electron chi connectivity index (χ0n) is 13.7. The van der Waals surface area contributed by atoms with Gasteiger partial charge in [-0.05, 0) is 24.8 Å². The van der Waals surface area contributed by atoms with Gasteiger partial charge in [0.1, 0.15) is 6.61 Å². The average molecular weight is 337 g/mol. The van der Waals surface area contributed by atoms with Gasteiger partial charge in [-0.1, -0.05) is 30.3 Å². The third kappa shape index (κ3) is 6.17. The Balaban J connectivity index is 1.78. The fraction of sp³-hybridized carbons (Fsp3) is 0.529. The van der Waals surface area contributed by atoms with Crippen LogP contribution < -0.4 is 5.32 Å². The van der Waals surface area contributed by atoms with Gasteiger partial charge in [0.05, 0.1) is 13.7 Å². The predicted octanol–water partition coefficient (Wildman–Crippen LogP) is 2.00. The third-order valence-corrected chi connectivity index (χ3v) is 3.58. The number of amides is 1. The molecule has 0 bridgehead atoms. The largest absolute Gasteiger partial charge is 0.467 e. The number of hydrogen-bond acceptors (Lipinski definition) is 6. The van der Waals surface area contributed by atoms with Crippen molar-refractivity contribution < 1.29 is 28.5 Å².